The standard InChI is InChI=1S/C14H19BrN2O2/c1-3-6-17(7-8-18)10-14(19)16-13-5-4-12(15)9-11(13)2/h3-5,9,18H,1,6-8,10H2,2H3,(H,16,19). The first kappa shape index (κ1) is 15.9. The van der Waals surface area contributed by atoms with E-state index in [1.807, 2.05) is 30.0 Å². The summed E-state index contributed by atoms with van der Waals surface area (Å²) in [5.74, 6) is -0.0966. The molecular formula is C14H19BrN2O2. The van der Waals surface area contributed by atoms with Crippen molar-refractivity contribution in [1.82, 2.24) is 4.90 Å². The number of amides is 1. The van der Waals surface area contributed by atoms with E-state index in [4.69, 9.17) is 5.11 Å². The van der Waals surface area contributed by atoms with Crippen LogP contribution in [-0.4, -0.2) is 42.2 Å². The van der Waals surface area contributed by atoms with Crippen LogP contribution in [0.15, 0.2) is 35.3 Å². The van der Waals surface area contributed by atoms with Crippen molar-refractivity contribution in [3.8, 4) is 0 Å². The van der Waals surface area contributed by atoms with Gasteiger partial charge >= 0.3 is 0 Å². The number of nitrogens with zero attached hydrogens (tertiary/aromatic N) is 1. The van der Waals surface area contributed by atoms with Crippen molar-refractivity contribution in [2.45, 2.75) is 6.92 Å². The van der Waals surface area contributed by atoms with Gasteiger partial charge in [0, 0.05) is 23.2 Å². The summed E-state index contributed by atoms with van der Waals surface area (Å²) < 4.78 is 0.983. The summed E-state index contributed by atoms with van der Waals surface area (Å²) in [6.07, 6.45) is 1.72. The van der Waals surface area contributed by atoms with Crippen LogP contribution in [0, 0.1) is 6.92 Å². The molecule has 0 fully saturated rings. The quantitative estimate of drug-likeness (QED) is 0.755. The topological polar surface area (TPSA) is 52.6 Å². The van der Waals surface area contributed by atoms with Crippen LogP contribution < -0.4 is 5.32 Å². The normalized spacial score (nSPS) is 10.5. The van der Waals surface area contributed by atoms with Gasteiger partial charge in [-0.2, -0.15) is 0 Å². The third kappa shape index (κ3) is 5.55. The largest absolute Gasteiger partial charge is 0.395 e. The lowest BCUT2D eigenvalue weighted by molar-refractivity contribution is -0.117. The molecule has 0 bridgehead atoms. The molecule has 0 unspecified atom stereocenters. The number of benzene rings is 1. The van der Waals surface area contributed by atoms with Gasteiger partial charge in [-0.3, -0.25) is 9.69 Å². The first-order valence-corrected chi connectivity index (χ1v) is 6.86. The first-order chi connectivity index (χ1) is 9.06. The molecular weight excluding hydrogens is 308 g/mol. The Labute approximate surface area is 122 Å². The molecule has 1 aromatic carbocycles. The number of hydrogen-bond donors (Lipinski definition) is 2. The van der Waals surface area contributed by atoms with Crippen LogP contribution >= 0.6 is 15.9 Å². The van der Waals surface area contributed by atoms with Gasteiger partial charge in [0.05, 0.1) is 13.2 Å². The fourth-order valence-corrected chi connectivity index (χ4v) is 2.19. The predicted molar refractivity (Wildman–Crippen MR) is 81.2 cm³/mol. The molecule has 0 saturated carbocycles. The minimum atomic E-state index is -0.0966. The Kier molecular flexibility index (Phi) is 6.77. The van der Waals surface area contributed by atoms with E-state index >= 15 is 0 Å². The molecule has 0 radical (unpaired) electrons. The average Bonchev–Trinajstić information content (AvgIpc) is 2.33. The lowest BCUT2D eigenvalue weighted by Crippen LogP contribution is -2.35. The van der Waals surface area contributed by atoms with E-state index in [1.165, 1.54) is 0 Å². The Bertz CT molecular complexity index is 449. The highest BCUT2D eigenvalue weighted by molar-refractivity contribution is 9.10. The van der Waals surface area contributed by atoms with Crippen molar-refractivity contribution in [1.29, 1.82) is 0 Å². The van der Waals surface area contributed by atoms with Crippen LogP contribution in [0.2, 0.25) is 0 Å². The van der Waals surface area contributed by atoms with Crippen molar-refractivity contribution in [3.63, 3.8) is 0 Å². The van der Waals surface area contributed by atoms with Gasteiger partial charge in [-0.05, 0) is 30.7 Å². The number of hydrogen-bond acceptors (Lipinski definition) is 3. The number of nitrogens with one attached hydrogen (secondary N) is 1. The smallest absolute Gasteiger partial charge is 0.238 e. The highest BCUT2D eigenvalue weighted by Gasteiger charge is 2.10. The summed E-state index contributed by atoms with van der Waals surface area (Å²) >= 11 is 3.38. The molecule has 4 nitrogen and oxygen atoms in total. The van der Waals surface area contributed by atoms with Crippen molar-refractivity contribution >= 4 is 27.5 Å². The van der Waals surface area contributed by atoms with Gasteiger partial charge in [0.2, 0.25) is 5.91 Å². The molecule has 0 aliphatic rings. The summed E-state index contributed by atoms with van der Waals surface area (Å²) in [7, 11) is 0. The van der Waals surface area contributed by atoms with Crippen LogP contribution in [-0.2, 0) is 4.79 Å². The Morgan fingerprint density at radius 1 is 1.58 bits per heavy atom. The summed E-state index contributed by atoms with van der Waals surface area (Å²) in [6, 6.07) is 5.70. The second kappa shape index (κ2) is 8.09. The van der Waals surface area contributed by atoms with Gasteiger partial charge in [-0.1, -0.05) is 22.0 Å². The highest BCUT2D eigenvalue weighted by atomic mass is 79.9. The Morgan fingerprint density at radius 3 is 2.89 bits per heavy atom. The van der Waals surface area contributed by atoms with E-state index in [0.717, 1.165) is 15.7 Å². The zero-order valence-corrected chi connectivity index (χ0v) is 12.6. The zero-order valence-electron chi connectivity index (χ0n) is 11.0. The fraction of sp³-hybridized carbons (Fsp3) is 0.357. The van der Waals surface area contributed by atoms with Crippen molar-refractivity contribution < 1.29 is 9.90 Å². The van der Waals surface area contributed by atoms with Gasteiger partial charge in [0.25, 0.3) is 0 Å². The SMILES string of the molecule is C=CCN(CCO)CC(=O)Nc1ccc(Br)cc1C. The molecule has 1 amide bonds. The summed E-state index contributed by atoms with van der Waals surface area (Å²) in [5.41, 5.74) is 1.80. The van der Waals surface area contributed by atoms with E-state index in [1.54, 1.807) is 6.08 Å². The zero-order chi connectivity index (χ0) is 14.3. The van der Waals surface area contributed by atoms with Crippen LogP contribution in [0.1, 0.15) is 5.56 Å². The molecule has 0 heterocycles. The molecule has 0 spiro atoms. The number of aliphatic hydroxyl groups excluding tert-OH is 1. The molecule has 0 aromatic heterocycles. The highest BCUT2D eigenvalue weighted by Crippen LogP contribution is 2.19. The maximum Gasteiger partial charge on any atom is 0.238 e. The predicted octanol–water partition coefficient (Wildman–Crippen LogP) is 2.18. The second-order valence-electron chi connectivity index (χ2n) is 4.25. The lowest BCUT2D eigenvalue weighted by Gasteiger charge is -2.19. The van der Waals surface area contributed by atoms with E-state index in [2.05, 4.69) is 27.8 Å². The van der Waals surface area contributed by atoms with Gasteiger partial charge in [0.1, 0.15) is 0 Å². The second-order valence-corrected chi connectivity index (χ2v) is 5.17. The molecule has 1 rings (SSSR count). The van der Waals surface area contributed by atoms with E-state index in [9.17, 15) is 4.79 Å². The molecule has 19 heavy (non-hydrogen) atoms. The summed E-state index contributed by atoms with van der Waals surface area (Å²) in [6.45, 7) is 6.88. The molecule has 0 aliphatic heterocycles. The Morgan fingerprint density at radius 2 is 2.32 bits per heavy atom. The monoisotopic (exact) mass is 326 g/mol. The number of anilines is 1. The van der Waals surface area contributed by atoms with Gasteiger partial charge in [-0.25, -0.2) is 0 Å². The van der Waals surface area contributed by atoms with Crippen LogP contribution in [0.4, 0.5) is 5.69 Å². The molecule has 5 heteroatoms. The average molecular weight is 327 g/mol. The van der Waals surface area contributed by atoms with Crippen molar-refractivity contribution in [3.05, 3.63) is 40.9 Å². The van der Waals surface area contributed by atoms with E-state index in [0.29, 0.717) is 13.1 Å². The third-order valence-electron chi connectivity index (χ3n) is 2.63. The number of halogens is 1. The summed E-state index contributed by atoms with van der Waals surface area (Å²) in [5, 5.41) is 11.8. The van der Waals surface area contributed by atoms with Crippen molar-refractivity contribution in [2.75, 3.05) is 31.6 Å². The Hall–Kier alpha value is -1.17. The molecule has 2 N–H and O–H groups in total. The van der Waals surface area contributed by atoms with Crippen LogP contribution in [0.5, 0.6) is 0 Å². The molecule has 0 saturated heterocycles. The molecule has 0 aliphatic carbocycles. The van der Waals surface area contributed by atoms with E-state index in [-0.39, 0.29) is 19.1 Å². The molecule has 104 valence electrons. The van der Waals surface area contributed by atoms with Crippen LogP contribution in [0.3, 0.4) is 0 Å². The number of aryl methyl sites for hydroxylation is 1. The maximum atomic E-state index is 11.9. The van der Waals surface area contributed by atoms with Gasteiger partial charge in [0.15, 0.2) is 0 Å². The third-order valence-corrected chi connectivity index (χ3v) is 3.13. The number of carbonyl (C=O) groups is 1. The lowest BCUT2D eigenvalue weighted by atomic mass is 10.2. The fourth-order valence-electron chi connectivity index (χ4n) is 1.72. The van der Waals surface area contributed by atoms with Crippen LogP contribution in [0.25, 0.3) is 0 Å². The number of carbonyl (C=O) groups excluding carboxylic acids is 1. The number of aliphatic hydroxyl groups is 1. The minimum absolute atomic E-state index is 0.0262. The molecule has 1 aromatic rings. The molecule has 0 atom stereocenters. The minimum Gasteiger partial charge on any atom is -0.395 e. The number of rotatable bonds is 7. The summed E-state index contributed by atoms with van der Waals surface area (Å²) in [4.78, 5) is 13.8. The van der Waals surface area contributed by atoms with E-state index < -0.39 is 0 Å². The van der Waals surface area contributed by atoms with Gasteiger partial charge in [-0.15, -0.1) is 6.58 Å². The Balaban J connectivity index is 2.60. The first-order valence-electron chi connectivity index (χ1n) is 6.07. The maximum absolute atomic E-state index is 11.9. The van der Waals surface area contributed by atoms with Crippen molar-refractivity contribution in [2.24, 2.45) is 0 Å². The van der Waals surface area contributed by atoms with Gasteiger partial charge < -0.3 is 10.4 Å².